The van der Waals surface area contributed by atoms with Crippen molar-refractivity contribution in [2.24, 2.45) is 0 Å². The highest BCUT2D eigenvalue weighted by molar-refractivity contribution is 5.75. The lowest BCUT2D eigenvalue weighted by molar-refractivity contribution is 0.354. The summed E-state index contributed by atoms with van der Waals surface area (Å²) in [6.45, 7) is 2.24. The third kappa shape index (κ3) is 3.12. The van der Waals surface area contributed by atoms with Crippen LogP contribution in [-0.4, -0.2) is 14.2 Å². The van der Waals surface area contributed by atoms with Crippen LogP contribution in [0.3, 0.4) is 0 Å². The minimum Gasteiger partial charge on any atom is -0.493 e. The van der Waals surface area contributed by atoms with Gasteiger partial charge in [0, 0.05) is 0 Å². The molecule has 0 aliphatic heterocycles. The second-order valence-electron chi connectivity index (χ2n) is 5.96. The van der Waals surface area contributed by atoms with Gasteiger partial charge in [0.05, 0.1) is 14.2 Å². The first-order valence-corrected chi connectivity index (χ1v) is 8.27. The lowest BCUT2D eigenvalue weighted by atomic mass is 9.82. The Labute approximate surface area is 138 Å². The minimum atomic E-state index is 0.818. The van der Waals surface area contributed by atoms with Crippen molar-refractivity contribution in [1.82, 2.24) is 0 Å². The van der Waals surface area contributed by atoms with Gasteiger partial charge in [0.15, 0.2) is 11.5 Å². The van der Waals surface area contributed by atoms with Crippen LogP contribution < -0.4 is 9.47 Å². The third-order valence-electron chi connectivity index (χ3n) is 4.67. The minimum absolute atomic E-state index is 0.818. The van der Waals surface area contributed by atoms with Gasteiger partial charge < -0.3 is 9.47 Å². The van der Waals surface area contributed by atoms with E-state index in [-0.39, 0.29) is 0 Å². The zero-order valence-corrected chi connectivity index (χ0v) is 14.2. The Morgan fingerprint density at radius 2 is 1.61 bits per heavy atom. The van der Waals surface area contributed by atoms with Gasteiger partial charge in [-0.05, 0) is 60.1 Å². The molecule has 120 valence electrons. The first kappa shape index (κ1) is 15.7. The number of aryl methyl sites for hydroxylation is 1. The molecule has 0 spiro atoms. The summed E-state index contributed by atoms with van der Waals surface area (Å²) >= 11 is 0. The van der Waals surface area contributed by atoms with E-state index in [2.05, 4.69) is 49.4 Å². The molecule has 2 aromatic carbocycles. The average Bonchev–Trinajstić information content (AvgIpc) is 2.61. The highest BCUT2D eigenvalue weighted by atomic mass is 16.5. The van der Waals surface area contributed by atoms with E-state index >= 15 is 0 Å². The number of ether oxygens (including phenoxy) is 2. The van der Waals surface area contributed by atoms with E-state index in [4.69, 9.17) is 9.47 Å². The Morgan fingerprint density at radius 3 is 2.26 bits per heavy atom. The van der Waals surface area contributed by atoms with Gasteiger partial charge in [-0.3, -0.25) is 0 Å². The quantitative estimate of drug-likeness (QED) is 0.769. The maximum atomic E-state index is 5.50. The smallest absolute Gasteiger partial charge is 0.161 e. The third-order valence-corrected chi connectivity index (χ3v) is 4.67. The molecule has 0 unspecified atom stereocenters. The fourth-order valence-corrected chi connectivity index (χ4v) is 3.51. The van der Waals surface area contributed by atoms with Crippen molar-refractivity contribution in [2.45, 2.75) is 32.6 Å². The summed E-state index contributed by atoms with van der Waals surface area (Å²) in [4.78, 5) is 0. The highest BCUT2D eigenvalue weighted by Crippen LogP contribution is 2.40. The summed E-state index contributed by atoms with van der Waals surface area (Å²) in [6, 6.07) is 15.0. The molecule has 2 nitrogen and oxygen atoms in total. The molecular formula is C21H24O2. The molecule has 0 atom stereocenters. The summed E-state index contributed by atoms with van der Waals surface area (Å²) in [7, 11) is 3.40. The zero-order chi connectivity index (χ0) is 16.2. The van der Waals surface area contributed by atoms with Gasteiger partial charge in [0.1, 0.15) is 0 Å². The van der Waals surface area contributed by atoms with E-state index in [1.807, 2.05) is 0 Å². The Morgan fingerprint density at radius 1 is 0.913 bits per heavy atom. The lowest BCUT2D eigenvalue weighted by Gasteiger charge is -2.25. The molecule has 2 heteroatoms. The molecule has 0 bridgehead atoms. The van der Waals surface area contributed by atoms with Crippen LogP contribution in [0.25, 0.3) is 5.57 Å². The molecule has 2 aromatic rings. The van der Waals surface area contributed by atoms with Gasteiger partial charge in [0.25, 0.3) is 0 Å². The molecule has 0 saturated carbocycles. The molecule has 1 aliphatic carbocycles. The summed E-state index contributed by atoms with van der Waals surface area (Å²) in [5.74, 6) is 1.64. The van der Waals surface area contributed by atoms with Crippen LogP contribution in [0.4, 0.5) is 0 Å². The molecule has 0 aromatic heterocycles. The van der Waals surface area contributed by atoms with E-state index in [1.54, 1.807) is 19.8 Å². The summed E-state index contributed by atoms with van der Waals surface area (Å²) in [5.41, 5.74) is 7.12. The van der Waals surface area contributed by atoms with Crippen molar-refractivity contribution in [1.29, 1.82) is 0 Å². The molecule has 0 heterocycles. The largest absolute Gasteiger partial charge is 0.493 e. The molecule has 3 rings (SSSR count). The molecule has 0 fully saturated rings. The highest BCUT2D eigenvalue weighted by Gasteiger charge is 2.20. The monoisotopic (exact) mass is 308 g/mol. The van der Waals surface area contributed by atoms with Crippen LogP contribution >= 0.6 is 0 Å². The van der Waals surface area contributed by atoms with Crippen LogP contribution in [0, 0.1) is 0 Å². The number of hydrogen-bond donors (Lipinski definition) is 0. The van der Waals surface area contributed by atoms with Crippen molar-refractivity contribution < 1.29 is 9.47 Å². The van der Waals surface area contributed by atoms with Crippen molar-refractivity contribution in [2.75, 3.05) is 14.2 Å². The Hall–Kier alpha value is -2.22. The number of methoxy groups -OCH3 is 2. The van der Waals surface area contributed by atoms with Gasteiger partial charge in [-0.1, -0.05) is 42.8 Å². The fourth-order valence-electron chi connectivity index (χ4n) is 3.51. The first-order chi connectivity index (χ1) is 11.3. The molecule has 0 saturated heterocycles. The molecule has 0 radical (unpaired) electrons. The standard InChI is InChI=1S/C21H24O2/c1-4-18-16(12-15-8-6-5-7-9-15)10-11-17-13-20(22-2)21(23-3)14-19(17)18/h5-9,13-14H,4,10-12H2,1-3H3. The van der Waals surface area contributed by atoms with Crippen LogP contribution in [0.2, 0.25) is 0 Å². The van der Waals surface area contributed by atoms with Crippen molar-refractivity contribution >= 4 is 5.57 Å². The van der Waals surface area contributed by atoms with Crippen LogP contribution in [0.5, 0.6) is 11.5 Å². The Kier molecular flexibility index (Phi) is 4.71. The summed E-state index contributed by atoms with van der Waals surface area (Å²) in [6.07, 6.45) is 4.28. The van der Waals surface area contributed by atoms with Gasteiger partial charge >= 0.3 is 0 Å². The zero-order valence-electron chi connectivity index (χ0n) is 14.2. The maximum absolute atomic E-state index is 5.50. The number of rotatable bonds is 5. The van der Waals surface area contributed by atoms with Gasteiger partial charge in [-0.15, -0.1) is 0 Å². The molecule has 0 N–H and O–H groups in total. The van der Waals surface area contributed by atoms with Gasteiger partial charge in [0.2, 0.25) is 0 Å². The Balaban J connectivity index is 2.03. The van der Waals surface area contributed by atoms with E-state index in [9.17, 15) is 0 Å². The first-order valence-electron chi connectivity index (χ1n) is 8.27. The molecular weight excluding hydrogens is 284 g/mol. The number of hydrogen-bond acceptors (Lipinski definition) is 2. The lowest BCUT2D eigenvalue weighted by Crippen LogP contribution is -2.08. The number of fused-ring (bicyclic) bond motifs is 1. The summed E-state index contributed by atoms with van der Waals surface area (Å²) in [5, 5.41) is 0. The fraction of sp³-hybridized carbons (Fsp3) is 0.333. The SMILES string of the molecule is CCC1=C(Cc2ccccc2)CCc2cc(OC)c(OC)cc21. The van der Waals surface area contributed by atoms with Crippen molar-refractivity contribution in [3.8, 4) is 11.5 Å². The van der Waals surface area contributed by atoms with Crippen LogP contribution in [0.15, 0.2) is 48.0 Å². The Bertz CT molecular complexity index is 714. The van der Waals surface area contributed by atoms with E-state index < -0.39 is 0 Å². The predicted octanol–water partition coefficient (Wildman–Crippen LogP) is 5.06. The van der Waals surface area contributed by atoms with Crippen molar-refractivity contribution in [3.05, 3.63) is 64.7 Å². The van der Waals surface area contributed by atoms with Gasteiger partial charge in [-0.25, -0.2) is 0 Å². The predicted molar refractivity (Wildman–Crippen MR) is 95.2 cm³/mol. The topological polar surface area (TPSA) is 18.5 Å². The number of allylic oxidation sites excluding steroid dienone is 2. The molecule has 0 amide bonds. The number of benzene rings is 2. The average molecular weight is 308 g/mol. The van der Waals surface area contributed by atoms with E-state index in [0.717, 1.165) is 37.2 Å². The van der Waals surface area contributed by atoms with E-state index in [1.165, 1.54) is 22.3 Å². The van der Waals surface area contributed by atoms with Crippen LogP contribution in [0.1, 0.15) is 36.5 Å². The van der Waals surface area contributed by atoms with Crippen molar-refractivity contribution in [3.63, 3.8) is 0 Å². The normalized spacial score (nSPS) is 13.7. The molecule has 1 aliphatic rings. The summed E-state index contributed by atoms with van der Waals surface area (Å²) < 4.78 is 11.0. The second kappa shape index (κ2) is 6.91. The maximum Gasteiger partial charge on any atom is 0.161 e. The van der Waals surface area contributed by atoms with Crippen LogP contribution in [-0.2, 0) is 12.8 Å². The van der Waals surface area contributed by atoms with Gasteiger partial charge in [-0.2, -0.15) is 0 Å². The second-order valence-corrected chi connectivity index (χ2v) is 5.96. The molecule has 23 heavy (non-hydrogen) atoms. The van der Waals surface area contributed by atoms with E-state index in [0.29, 0.717) is 0 Å².